The van der Waals surface area contributed by atoms with Crippen molar-refractivity contribution >= 4 is 5.91 Å². The summed E-state index contributed by atoms with van der Waals surface area (Å²) in [4.78, 5) is 17.5. The van der Waals surface area contributed by atoms with Crippen molar-refractivity contribution in [2.75, 3.05) is 19.6 Å². The second-order valence-corrected chi connectivity index (χ2v) is 7.09. The normalized spacial score (nSPS) is 43.4. The summed E-state index contributed by atoms with van der Waals surface area (Å²) < 4.78 is 0. The first-order valence-electron chi connectivity index (χ1n) is 8.38. The van der Waals surface area contributed by atoms with Gasteiger partial charge in [0.1, 0.15) is 0 Å². The number of nitrogens with zero attached hydrogens (tertiary/aromatic N) is 2. The van der Waals surface area contributed by atoms with E-state index in [1.807, 2.05) is 0 Å². The zero-order chi connectivity index (χ0) is 12.8. The second-order valence-electron chi connectivity index (χ2n) is 7.09. The molecule has 4 heterocycles. The SMILES string of the molecule is O=C1CCCC[C@@H]2[C@H]3CCCN4CCC[C@@H](CN12)[C@@H]34. The minimum Gasteiger partial charge on any atom is -0.339 e. The van der Waals surface area contributed by atoms with Crippen molar-refractivity contribution in [2.24, 2.45) is 11.8 Å². The predicted molar refractivity (Wildman–Crippen MR) is 74.8 cm³/mol. The summed E-state index contributed by atoms with van der Waals surface area (Å²) in [6.07, 6.45) is 9.89. The van der Waals surface area contributed by atoms with E-state index in [0.29, 0.717) is 11.9 Å². The molecule has 4 atom stereocenters. The first-order chi connectivity index (χ1) is 9.34. The molecule has 0 aliphatic carbocycles. The standard InChI is InChI=1S/C16H26N2O/c19-15-8-2-1-7-14-13-6-4-10-17-9-3-5-12(16(13)17)11-18(14)15/h12-14,16H,1-11H2/t12-,13+,14+,16-/m0/s1. The highest BCUT2D eigenvalue weighted by molar-refractivity contribution is 5.77. The van der Waals surface area contributed by atoms with Gasteiger partial charge in [0.25, 0.3) is 0 Å². The van der Waals surface area contributed by atoms with Crippen molar-refractivity contribution < 1.29 is 4.79 Å². The Kier molecular flexibility index (Phi) is 3.06. The molecule has 106 valence electrons. The van der Waals surface area contributed by atoms with Crippen LogP contribution in [0.15, 0.2) is 0 Å². The Morgan fingerprint density at radius 2 is 1.79 bits per heavy atom. The number of hydrogen-bond donors (Lipinski definition) is 0. The molecule has 0 aromatic carbocycles. The van der Waals surface area contributed by atoms with Gasteiger partial charge in [-0.05, 0) is 63.5 Å². The molecule has 0 spiro atoms. The topological polar surface area (TPSA) is 23.6 Å². The summed E-state index contributed by atoms with van der Waals surface area (Å²) in [6, 6.07) is 1.40. The quantitative estimate of drug-likeness (QED) is 0.668. The van der Waals surface area contributed by atoms with Crippen molar-refractivity contribution in [3.8, 4) is 0 Å². The average molecular weight is 262 g/mol. The number of amides is 1. The van der Waals surface area contributed by atoms with Crippen molar-refractivity contribution in [3.63, 3.8) is 0 Å². The fraction of sp³-hybridized carbons (Fsp3) is 0.938. The first-order valence-corrected chi connectivity index (χ1v) is 8.38. The summed E-state index contributed by atoms with van der Waals surface area (Å²) in [5.74, 6) is 2.02. The van der Waals surface area contributed by atoms with Gasteiger partial charge in [-0.2, -0.15) is 0 Å². The predicted octanol–water partition coefficient (Wildman–Crippen LogP) is 2.26. The van der Waals surface area contributed by atoms with Gasteiger partial charge in [0.2, 0.25) is 5.91 Å². The summed E-state index contributed by atoms with van der Waals surface area (Å²) in [6.45, 7) is 3.71. The molecule has 0 radical (unpaired) electrons. The zero-order valence-corrected chi connectivity index (χ0v) is 11.9. The summed E-state index contributed by atoms with van der Waals surface area (Å²) >= 11 is 0. The van der Waals surface area contributed by atoms with E-state index in [2.05, 4.69) is 9.80 Å². The van der Waals surface area contributed by atoms with Crippen LogP contribution in [0.4, 0.5) is 0 Å². The molecular formula is C16H26N2O. The number of carbonyl (C=O) groups excluding carboxylic acids is 1. The Labute approximate surface area is 116 Å². The zero-order valence-electron chi connectivity index (χ0n) is 11.9. The third-order valence-corrected chi connectivity index (χ3v) is 6.13. The lowest BCUT2D eigenvalue weighted by Gasteiger charge is -2.57. The Morgan fingerprint density at radius 1 is 0.947 bits per heavy atom. The molecule has 4 aliphatic heterocycles. The van der Waals surface area contributed by atoms with E-state index in [1.54, 1.807) is 0 Å². The number of carbonyl (C=O) groups is 1. The van der Waals surface area contributed by atoms with Gasteiger partial charge in [0, 0.05) is 25.0 Å². The van der Waals surface area contributed by atoms with Crippen LogP contribution in [0.5, 0.6) is 0 Å². The molecule has 4 rings (SSSR count). The molecule has 3 heteroatoms. The Balaban J connectivity index is 1.66. The maximum Gasteiger partial charge on any atom is 0.222 e. The molecule has 0 aromatic rings. The highest BCUT2D eigenvalue weighted by Gasteiger charge is 2.49. The van der Waals surface area contributed by atoms with E-state index in [1.165, 1.54) is 51.6 Å². The van der Waals surface area contributed by atoms with Crippen molar-refractivity contribution in [3.05, 3.63) is 0 Å². The van der Waals surface area contributed by atoms with E-state index in [9.17, 15) is 4.79 Å². The van der Waals surface area contributed by atoms with Crippen LogP contribution in [0.2, 0.25) is 0 Å². The minimum absolute atomic E-state index is 0.462. The van der Waals surface area contributed by atoms with Gasteiger partial charge < -0.3 is 4.90 Å². The Morgan fingerprint density at radius 3 is 2.68 bits per heavy atom. The fourth-order valence-electron chi connectivity index (χ4n) is 5.43. The van der Waals surface area contributed by atoms with E-state index in [0.717, 1.165) is 37.3 Å². The Hall–Kier alpha value is -0.570. The minimum atomic E-state index is 0.462. The molecule has 0 aromatic heterocycles. The lowest BCUT2D eigenvalue weighted by molar-refractivity contribution is -0.144. The van der Waals surface area contributed by atoms with Gasteiger partial charge >= 0.3 is 0 Å². The van der Waals surface area contributed by atoms with Crippen LogP contribution in [0.25, 0.3) is 0 Å². The smallest absolute Gasteiger partial charge is 0.222 e. The molecule has 0 saturated carbocycles. The van der Waals surface area contributed by atoms with Gasteiger partial charge in [-0.25, -0.2) is 0 Å². The summed E-state index contributed by atoms with van der Waals surface area (Å²) in [7, 11) is 0. The number of hydrogen-bond acceptors (Lipinski definition) is 2. The molecule has 0 bridgehead atoms. The van der Waals surface area contributed by atoms with E-state index >= 15 is 0 Å². The molecule has 1 amide bonds. The average Bonchev–Trinajstić information content (AvgIpc) is 2.62. The molecule has 4 aliphatic rings. The largest absolute Gasteiger partial charge is 0.339 e. The molecule has 0 N–H and O–H groups in total. The van der Waals surface area contributed by atoms with Gasteiger partial charge in [0.05, 0.1) is 0 Å². The van der Waals surface area contributed by atoms with Crippen LogP contribution < -0.4 is 0 Å². The van der Waals surface area contributed by atoms with Gasteiger partial charge in [-0.15, -0.1) is 0 Å². The molecule has 19 heavy (non-hydrogen) atoms. The van der Waals surface area contributed by atoms with Crippen LogP contribution in [0.1, 0.15) is 51.4 Å². The molecule has 4 saturated heterocycles. The van der Waals surface area contributed by atoms with Crippen molar-refractivity contribution in [2.45, 2.75) is 63.5 Å². The van der Waals surface area contributed by atoms with Crippen LogP contribution in [0, 0.1) is 11.8 Å². The first kappa shape index (κ1) is 12.2. The Bertz CT molecular complexity index is 368. The lowest BCUT2D eigenvalue weighted by Crippen LogP contribution is -2.65. The lowest BCUT2D eigenvalue weighted by atomic mass is 9.69. The van der Waals surface area contributed by atoms with E-state index < -0.39 is 0 Å². The highest BCUT2D eigenvalue weighted by Crippen LogP contribution is 2.44. The number of rotatable bonds is 0. The fourth-order valence-corrected chi connectivity index (χ4v) is 5.43. The summed E-state index contributed by atoms with van der Waals surface area (Å²) in [5, 5.41) is 0. The maximum absolute atomic E-state index is 12.4. The van der Waals surface area contributed by atoms with Crippen molar-refractivity contribution in [1.82, 2.24) is 9.80 Å². The molecular weight excluding hydrogens is 236 g/mol. The van der Waals surface area contributed by atoms with Crippen LogP contribution >= 0.6 is 0 Å². The van der Waals surface area contributed by atoms with Gasteiger partial charge in [0.15, 0.2) is 0 Å². The van der Waals surface area contributed by atoms with Gasteiger partial charge in [-0.3, -0.25) is 9.69 Å². The third kappa shape index (κ3) is 1.93. The molecule has 4 fully saturated rings. The van der Waals surface area contributed by atoms with E-state index in [4.69, 9.17) is 0 Å². The molecule has 0 unspecified atom stereocenters. The van der Waals surface area contributed by atoms with Gasteiger partial charge in [-0.1, -0.05) is 6.42 Å². The van der Waals surface area contributed by atoms with Crippen LogP contribution in [-0.4, -0.2) is 47.4 Å². The van der Waals surface area contributed by atoms with Crippen molar-refractivity contribution in [1.29, 1.82) is 0 Å². The van der Waals surface area contributed by atoms with Crippen LogP contribution in [-0.2, 0) is 4.79 Å². The summed E-state index contributed by atoms with van der Waals surface area (Å²) in [5.41, 5.74) is 0. The number of piperidine rings is 3. The third-order valence-electron chi connectivity index (χ3n) is 6.13. The highest BCUT2D eigenvalue weighted by atomic mass is 16.2. The van der Waals surface area contributed by atoms with E-state index in [-0.39, 0.29) is 0 Å². The molecule has 3 nitrogen and oxygen atoms in total. The maximum atomic E-state index is 12.4. The monoisotopic (exact) mass is 262 g/mol. The second kappa shape index (κ2) is 4.76. The number of fused-ring (bicyclic) bond motifs is 2. The van der Waals surface area contributed by atoms with Crippen LogP contribution in [0.3, 0.4) is 0 Å².